The molecule has 0 saturated carbocycles. The number of nitrogens with one attached hydrogen (secondary N) is 2. The molecule has 0 aliphatic carbocycles. The van der Waals surface area contributed by atoms with E-state index in [0.717, 1.165) is 25.9 Å². The first kappa shape index (κ1) is 21.1. The molecule has 1 aromatic heterocycles. The van der Waals surface area contributed by atoms with Crippen molar-refractivity contribution in [1.82, 2.24) is 10.2 Å². The molecule has 1 amide bonds. The molecule has 2 heterocycles. The van der Waals surface area contributed by atoms with E-state index in [2.05, 4.69) is 5.32 Å². The Morgan fingerprint density at radius 1 is 1.24 bits per heavy atom. The fraction of sp³-hybridized carbons (Fsp3) is 0.350. The van der Waals surface area contributed by atoms with Crippen LogP contribution in [0.3, 0.4) is 0 Å². The number of amides is 1. The van der Waals surface area contributed by atoms with E-state index in [1.165, 1.54) is 18.4 Å². The van der Waals surface area contributed by atoms with E-state index in [1.54, 1.807) is 30.3 Å². The molecular formula is C20H22ClN3O4S. The standard InChI is InChI=1S/C20H22ClN3O4S/c1-27-15-12-13(18(22)24-9-2-3-10-24)4-5-14(15)20(26)28-11-8-23-19(25)16-6-7-17(21)29-16/h4-7,12,22H,2-3,8-11H2,1H3,(H,23,25). The van der Waals surface area contributed by atoms with Crippen molar-refractivity contribution in [3.05, 3.63) is 50.7 Å². The number of nitrogens with zero attached hydrogens (tertiary/aromatic N) is 1. The quantitative estimate of drug-likeness (QED) is 0.301. The molecule has 0 bridgehead atoms. The van der Waals surface area contributed by atoms with Crippen LogP contribution in [0.25, 0.3) is 0 Å². The Labute approximate surface area is 178 Å². The highest BCUT2D eigenvalue weighted by molar-refractivity contribution is 7.17. The summed E-state index contributed by atoms with van der Waals surface area (Å²) in [6.07, 6.45) is 2.17. The highest BCUT2D eigenvalue weighted by Gasteiger charge is 2.20. The van der Waals surface area contributed by atoms with Crippen molar-refractivity contribution in [2.24, 2.45) is 0 Å². The molecule has 1 fully saturated rings. The number of esters is 1. The third kappa shape index (κ3) is 5.27. The van der Waals surface area contributed by atoms with E-state index in [9.17, 15) is 9.59 Å². The number of thiophene rings is 1. The van der Waals surface area contributed by atoms with Gasteiger partial charge in [-0.1, -0.05) is 17.7 Å². The molecule has 1 aliphatic rings. The van der Waals surface area contributed by atoms with Crippen LogP contribution < -0.4 is 10.1 Å². The number of likely N-dealkylation sites (tertiary alicyclic amines) is 1. The predicted molar refractivity (Wildman–Crippen MR) is 113 cm³/mol. The van der Waals surface area contributed by atoms with Crippen LogP contribution in [0, 0.1) is 5.41 Å². The van der Waals surface area contributed by atoms with Crippen LogP contribution >= 0.6 is 22.9 Å². The first-order valence-corrected chi connectivity index (χ1v) is 10.4. The zero-order valence-electron chi connectivity index (χ0n) is 16.0. The molecule has 9 heteroatoms. The van der Waals surface area contributed by atoms with E-state index in [1.807, 2.05) is 4.90 Å². The van der Waals surface area contributed by atoms with Gasteiger partial charge in [0.1, 0.15) is 23.8 Å². The number of rotatable bonds is 7. The van der Waals surface area contributed by atoms with Crippen molar-refractivity contribution >= 4 is 40.6 Å². The molecule has 29 heavy (non-hydrogen) atoms. The normalized spacial score (nSPS) is 13.2. The highest BCUT2D eigenvalue weighted by atomic mass is 35.5. The second-order valence-corrected chi connectivity index (χ2v) is 8.17. The molecular weight excluding hydrogens is 414 g/mol. The van der Waals surface area contributed by atoms with Crippen molar-refractivity contribution in [1.29, 1.82) is 5.41 Å². The van der Waals surface area contributed by atoms with Gasteiger partial charge in [0.25, 0.3) is 5.91 Å². The van der Waals surface area contributed by atoms with Crippen LogP contribution in [-0.4, -0.2) is 56.0 Å². The van der Waals surface area contributed by atoms with Gasteiger partial charge in [0.2, 0.25) is 0 Å². The third-order valence-electron chi connectivity index (χ3n) is 4.53. The lowest BCUT2D eigenvalue weighted by Crippen LogP contribution is -2.28. The van der Waals surface area contributed by atoms with Crippen molar-refractivity contribution in [2.75, 3.05) is 33.4 Å². The first-order chi connectivity index (χ1) is 14.0. The minimum Gasteiger partial charge on any atom is -0.496 e. The van der Waals surface area contributed by atoms with Crippen molar-refractivity contribution in [2.45, 2.75) is 12.8 Å². The second kappa shape index (κ2) is 9.76. The maximum absolute atomic E-state index is 12.4. The second-order valence-electron chi connectivity index (χ2n) is 6.45. The topological polar surface area (TPSA) is 91.7 Å². The number of halogens is 1. The average Bonchev–Trinajstić information content (AvgIpc) is 3.41. The van der Waals surface area contributed by atoms with Crippen LogP contribution in [-0.2, 0) is 4.74 Å². The van der Waals surface area contributed by atoms with Gasteiger partial charge in [0.15, 0.2) is 0 Å². The Morgan fingerprint density at radius 3 is 2.66 bits per heavy atom. The smallest absolute Gasteiger partial charge is 0.341 e. The molecule has 0 radical (unpaired) electrons. The summed E-state index contributed by atoms with van der Waals surface area (Å²) in [6, 6.07) is 8.30. The number of amidine groups is 1. The molecule has 1 aromatic carbocycles. The summed E-state index contributed by atoms with van der Waals surface area (Å²) >= 11 is 7.00. The van der Waals surface area contributed by atoms with Crippen LogP contribution in [0.2, 0.25) is 4.34 Å². The number of ether oxygens (including phenoxy) is 2. The lowest BCUT2D eigenvalue weighted by molar-refractivity contribution is 0.0499. The third-order valence-corrected chi connectivity index (χ3v) is 5.76. The highest BCUT2D eigenvalue weighted by Crippen LogP contribution is 2.23. The van der Waals surface area contributed by atoms with Crippen molar-refractivity contribution < 1.29 is 19.1 Å². The largest absolute Gasteiger partial charge is 0.496 e. The fourth-order valence-electron chi connectivity index (χ4n) is 3.04. The van der Waals surface area contributed by atoms with E-state index in [4.69, 9.17) is 26.5 Å². The Hall–Kier alpha value is -2.58. The van der Waals surface area contributed by atoms with Crippen LogP contribution in [0.15, 0.2) is 30.3 Å². The van der Waals surface area contributed by atoms with Crippen LogP contribution in [0.5, 0.6) is 5.75 Å². The zero-order chi connectivity index (χ0) is 20.8. The van der Waals surface area contributed by atoms with Gasteiger partial charge in [-0.25, -0.2) is 4.79 Å². The summed E-state index contributed by atoms with van der Waals surface area (Å²) in [7, 11) is 1.47. The minimum absolute atomic E-state index is 0.0260. The minimum atomic E-state index is -0.547. The lowest BCUT2D eigenvalue weighted by atomic mass is 10.1. The van der Waals surface area contributed by atoms with Gasteiger partial charge < -0.3 is 19.7 Å². The van der Waals surface area contributed by atoms with Gasteiger partial charge in [0.05, 0.1) is 22.9 Å². The number of carbonyl (C=O) groups excluding carboxylic acids is 2. The van der Waals surface area contributed by atoms with Gasteiger partial charge in [-0.2, -0.15) is 0 Å². The van der Waals surface area contributed by atoms with Gasteiger partial charge >= 0.3 is 5.97 Å². The summed E-state index contributed by atoms with van der Waals surface area (Å²) < 4.78 is 11.1. The molecule has 0 unspecified atom stereocenters. The average molecular weight is 436 g/mol. The summed E-state index contributed by atoms with van der Waals surface area (Å²) in [5.41, 5.74) is 0.976. The SMILES string of the molecule is COc1cc(C(=N)N2CCCC2)ccc1C(=O)OCCNC(=O)c1ccc(Cl)s1. The predicted octanol–water partition coefficient (Wildman–Crippen LogP) is 3.42. The summed E-state index contributed by atoms with van der Waals surface area (Å²) in [4.78, 5) is 26.8. The van der Waals surface area contributed by atoms with Crippen molar-refractivity contribution in [3.63, 3.8) is 0 Å². The molecule has 3 rings (SSSR count). The Morgan fingerprint density at radius 2 is 2.00 bits per heavy atom. The zero-order valence-corrected chi connectivity index (χ0v) is 17.6. The van der Waals surface area contributed by atoms with Crippen LogP contribution in [0.1, 0.15) is 38.4 Å². The molecule has 0 atom stereocenters. The van der Waals surface area contributed by atoms with E-state index in [-0.39, 0.29) is 24.6 Å². The summed E-state index contributed by atoms with van der Waals surface area (Å²) in [6.45, 7) is 1.95. The lowest BCUT2D eigenvalue weighted by Gasteiger charge is -2.19. The molecule has 7 nitrogen and oxygen atoms in total. The Kier molecular flexibility index (Phi) is 7.11. The van der Waals surface area contributed by atoms with E-state index >= 15 is 0 Å². The van der Waals surface area contributed by atoms with E-state index < -0.39 is 5.97 Å². The summed E-state index contributed by atoms with van der Waals surface area (Å²) in [5, 5.41) is 11.0. The summed E-state index contributed by atoms with van der Waals surface area (Å²) in [5.74, 6) is -0.0272. The molecule has 2 aromatic rings. The van der Waals surface area contributed by atoms with Crippen molar-refractivity contribution in [3.8, 4) is 5.75 Å². The first-order valence-electron chi connectivity index (χ1n) is 9.22. The Bertz CT molecular complexity index is 909. The van der Waals surface area contributed by atoms with E-state index in [0.29, 0.717) is 26.4 Å². The van der Waals surface area contributed by atoms with Gasteiger partial charge in [-0.05, 0) is 37.1 Å². The van der Waals surface area contributed by atoms with Crippen LogP contribution in [0.4, 0.5) is 0 Å². The van der Waals surface area contributed by atoms with Gasteiger partial charge in [-0.3, -0.25) is 10.2 Å². The molecule has 2 N–H and O–H groups in total. The monoisotopic (exact) mass is 435 g/mol. The number of benzene rings is 1. The number of carbonyl (C=O) groups is 2. The molecule has 154 valence electrons. The maximum atomic E-state index is 12.4. The molecule has 1 aliphatic heterocycles. The molecule has 1 saturated heterocycles. The number of hydrogen-bond acceptors (Lipinski definition) is 6. The number of methoxy groups -OCH3 is 1. The van der Waals surface area contributed by atoms with Gasteiger partial charge in [0, 0.05) is 18.7 Å². The molecule has 0 spiro atoms. The number of hydrogen-bond donors (Lipinski definition) is 2. The van der Waals surface area contributed by atoms with Gasteiger partial charge in [-0.15, -0.1) is 11.3 Å². The Balaban J connectivity index is 1.54. The maximum Gasteiger partial charge on any atom is 0.341 e. The fourth-order valence-corrected chi connectivity index (χ4v) is 4.00.